The Labute approximate surface area is 172 Å². The van der Waals surface area contributed by atoms with Crippen LogP contribution >= 0.6 is 11.6 Å². The molecule has 0 aliphatic carbocycles. The molecular formula is C20H28ClN5OSi. The van der Waals surface area contributed by atoms with Crippen LogP contribution in [0.3, 0.4) is 0 Å². The first-order chi connectivity index (χ1) is 13.1. The first-order valence-electron chi connectivity index (χ1n) is 9.58. The number of urea groups is 1. The Balaban J connectivity index is 1.63. The highest BCUT2D eigenvalue weighted by atomic mass is 35.5. The van der Waals surface area contributed by atoms with Gasteiger partial charge in [0.2, 0.25) is 0 Å². The molecule has 1 aliphatic heterocycles. The van der Waals surface area contributed by atoms with Crippen LogP contribution in [0.1, 0.15) is 12.5 Å². The summed E-state index contributed by atoms with van der Waals surface area (Å²) in [5, 5.41) is 13.0. The molecule has 1 saturated heterocycles. The minimum absolute atomic E-state index is 0.0619. The van der Waals surface area contributed by atoms with Crippen molar-refractivity contribution >= 4 is 42.4 Å². The molecule has 28 heavy (non-hydrogen) atoms. The molecule has 1 aromatic heterocycles. The van der Waals surface area contributed by atoms with Crippen molar-refractivity contribution in [1.29, 1.82) is 0 Å². The molecule has 2 amide bonds. The molecule has 150 valence electrons. The number of rotatable bonds is 3. The molecule has 0 unspecified atom stereocenters. The SMILES string of the molecule is Cc1cc(Cl)nnc1N1CCN(C(=O)Nc2ccc([Si](C)(C)C)cc2)[C@H](C)C1. The number of carbonyl (C=O) groups excluding carboxylic acids is 1. The molecule has 0 spiro atoms. The van der Waals surface area contributed by atoms with Gasteiger partial charge in [-0.1, -0.05) is 48.6 Å². The zero-order valence-corrected chi connectivity index (χ0v) is 18.9. The van der Waals surface area contributed by atoms with Crippen LogP contribution in [0.25, 0.3) is 0 Å². The Morgan fingerprint density at radius 3 is 2.43 bits per heavy atom. The predicted molar refractivity (Wildman–Crippen MR) is 119 cm³/mol. The molecule has 2 heterocycles. The van der Waals surface area contributed by atoms with Crippen molar-refractivity contribution in [2.24, 2.45) is 0 Å². The van der Waals surface area contributed by atoms with E-state index >= 15 is 0 Å². The maximum Gasteiger partial charge on any atom is 0.322 e. The van der Waals surface area contributed by atoms with Gasteiger partial charge in [-0.25, -0.2) is 4.79 Å². The van der Waals surface area contributed by atoms with Crippen molar-refractivity contribution in [3.05, 3.63) is 41.0 Å². The molecule has 1 atom stereocenters. The van der Waals surface area contributed by atoms with Gasteiger partial charge in [0.15, 0.2) is 11.0 Å². The van der Waals surface area contributed by atoms with Gasteiger partial charge >= 0.3 is 6.03 Å². The zero-order chi connectivity index (χ0) is 20.5. The number of anilines is 2. The van der Waals surface area contributed by atoms with E-state index in [-0.39, 0.29) is 12.1 Å². The zero-order valence-electron chi connectivity index (χ0n) is 17.2. The van der Waals surface area contributed by atoms with Crippen LogP contribution in [0.4, 0.5) is 16.3 Å². The number of nitrogens with zero attached hydrogens (tertiary/aromatic N) is 4. The lowest BCUT2D eigenvalue weighted by Crippen LogP contribution is -2.55. The molecule has 0 saturated carbocycles. The van der Waals surface area contributed by atoms with Gasteiger partial charge < -0.3 is 15.1 Å². The summed E-state index contributed by atoms with van der Waals surface area (Å²) in [6.07, 6.45) is 0. The van der Waals surface area contributed by atoms with Crippen molar-refractivity contribution < 1.29 is 4.79 Å². The fourth-order valence-electron chi connectivity index (χ4n) is 3.46. The second kappa shape index (κ2) is 8.09. The average molecular weight is 418 g/mol. The summed E-state index contributed by atoms with van der Waals surface area (Å²) < 4.78 is 0. The van der Waals surface area contributed by atoms with E-state index in [1.54, 1.807) is 0 Å². The Morgan fingerprint density at radius 2 is 1.86 bits per heavy atom. The van der Waals surface area contributed by atoms with E-state index in [0.29, 0.717) is 24.8 Å². The smallest absolute Gasteiger partial charge is 0.322 e. The fraction of sp³-hybridized carbons (Fsp3) is 0.450. The quantitative estimate of drug-likeness (QED) is 0.773. The Bertz CT molecular complexity index is 853. The first kappa shape index (κ1) is 20.6. The highest BCUT2D eigenvalue weighted by molar-refractivity contribution is 6.88. The first-order valence-corrected chi connectivity index (χ1v) is 13.5. The number of aromatic nitrogens is 2. The van der Waals surface area contributed by atoms with Gasteiger partial charge in [-0.05, 0) is 37.6 Å². The topological polar surface area (TPSA) is 61.4 Å². The molecule has 1 aliphatic rings. The number of hydrogen-bond donors (Lipinski definition) is 1. The summed E-state index contributed by atoms with van der Waals surface area (Å²) in [5.74, 6) is 0.832. The van der Waals surface area contributed by atoms with Crippen molar-refractivity contribution in [2.75, 3.05) is 29.9 Å². The van der Waals surface area contributed by atoms with Gasteiger partial charge in [-0.3, -0.25) is 0 Å². The van der Waals surface area contributed by atoms with E-state index in [1.807, 2.05) is 30.0 Å². The van der Waals surface area contributed by atoms with Crippen LogP contribution in [-0.2, 0) is 0 Å². The second-order valence-electron chi connectivity index (χ2n) is 8.42. The standard InChI is InChI=1S/C20H28ClN5OSi/c1-14-12-18(21)23-24-19(14)25-10-11-26(15(2)13-25)20(27)22-16-6-8-17(9-7-16)28(3,4)5/h6-9,12,15H,10-11,13H2,1-5H3,(H,22,27)/t15-/m1/s1. The molecule has 0 bridgehead atoms. The summed E-state index contributed by atoms with van der Waals surface area (Å²) in [6.45, 7) is 13.0. The summed E-state index contributed by atoms with van der Waals surface area (Å²) in [4.78, 5) is 16.8. The molecule has 1 aromatic carbocycles. The summed E-state index contributed by atoms with van der Waals surface area (Å²) in [7, 11) is -1.34. The molecular weight excluding hydrogens is 390 g/mol. The number of amides is 2. The van der Waals surface area contributed by atoms with E-state index in [9.17, 15) is 4.79 Å². The summed E-state index contributed by atoms with van der Waals surface area (Å²) in [6, 6.07) is 10.1. The monoisotopic (exact) mass is 417 g/mol. The largest absolute Gasteiger partial charge is 0.351 e. The third kappa shape index (κ3) is 4.64. The van der Waals surface area contributed by atoms with Crippen LogP contribution in [0.2, 0.25) is 24.8 Å². The van der Waals surface area contributed by atoms with Gasteiger partial charge in [0.25, 0.3) is 0 Å². The number of piperazine rings is 1. The highest BCUT2D eigenvalue weighted by Gasteiger charge is 2.29. The van der Waals surface area contributed by atoms with E-state index < -0.39 is 8.07 Å². The van der Waals surface area contributed by atoms with E-state index in [2.05, 4.69) is 59.1 Å². The van der Waals surface area contributed by atoms with Gasteiger partial charge in [0.05, 0.1) is 8.07 Å². The number of aryl methyl sites for hydroxylation is 1. The van der Waals surface area contributed by atoms with Gasteiger partial charge in [0, 0.05) is 31.4 Å². The predicted octanol–water partition coefficient (Wildman–Crippen LogP) is 3.73. The molecule has 3 rings (SSSR count). The van der Waals surface area contributed by atoms with Crippen molar-refractivity contribution in [1.82, 2.24) is 15.1 Å². The van der Waals surface area contributed by atoms with Crippen LogP contribution < -0.4 is 15.4 Å². The molecule has 0 radical (unpaired) electrons. The maximum atomic E-state index is 12.8. The van der Waals surface area contributed by atoms with Crippen LogP contribution in [-0.4, -0.2) is 54.9 Å². The van der Waals surface area contributed by atoms with Crippen LogP contribution in [0.15, 0.2) is 30.3 Å². The van der Waals surface area contributed by atoms with E-state index in [0.717, 1.165) is 17.1 Å². The third-order valence-electron chi connectivity index (χ3n) is 5.12. The number of carbonyl (C=O) groups is 1. The van der Waals surface area contributed by atoms with Crippen molar-refractivity contribution in [3.63, 3.8) is 0 Å². The number of benzene rings is 1. The lowest BCUT2D eigenvalue weighted by molar-refractivity contribution is 0.184. The Morgan fingerprint density at radius 1 is 1.18 bits per heavy atom. The lowest BCUT2D eigenvalue weighted by Gasteiger charge is -2.40. The highest BCUT2D eigenvalue weighted by Crippen LogP contribution is 2.22. The number of halogens is 1. The molecule has 2 aromatic rings. The minimum Gasteiger partial charge on any atom is -0.351 e. The maximum absolute atomic E-state index is 12.8. The van der Waals surface area contributed by atoms with E-state index in [4.69, 9.17) is 11.6 Å². The molecule has 1 fully saturated rings. The Kier molecular flexibility index (Phi) is 5.95. The summed E-state index contributed by atoms with van der Waals surface area (Å²) in [5.41, 5.74) is 1.83. The minimum atomic E-state index is -1.34. The fourth-order valence-corrected chi connectivity index (χ4v) is 4.83. The second-order valence-corrected chi connectivity index (χ2v) is 13.9. The van der Waals surface area contributed by atoms with Gasteiger partial charge in [0.1, 0.15) is 0 Å². The normalized spacial score (nSPS) is 17.6. The third-order valence-corrected chi connectivity index (χ3v) is 7.37. The van der Waals surface area contributed by atoms with E-state index in [1.165, 1.54) is 5.19 Å². The molecule has 6 nitrogen and oxygen atoms in total. The number of nitrogens with one attached hydrogen (secondary N) is 1. The summed E-state index contributed by atoms with van der Waals surface area (Å²) >= 11 is 5.91. The van der Waals surface area contributed by atoms with Crippen molar-refractivity contribution in [3.8, 4) is 0 Å². The average Bonchev–Trinajstić information content (AvgIpc) is 2.61. The molecule has 1 N–H and O–H groups in total. The number of hydrogen-bond acceptors (Lipinski definition) is 4. The molecule has 8 heteroatoms. The van der Waals surface area contributed by atoms with Crippen LogP contribution in [0, 0.1) is 6.92 Å². The van der Waals surface area contributed by atoms with Gasteiger partial charge in [-0.2, -0.15) is 0 Å². The van der Waals surface area contributed by atoms with Gasteiger partial charge in [-0.15, -0.1) is 10.2 Å². The van der Waals surface area contributed by atoms with Crippen molar-refractivity contribution in [2.45, 2.75) is 39.5 Å². The lowest BCUT2D eigenvalue weighted by atomic mass is 10.2. The van der Waals surface area contributed by atoms with Crippen LogP contribution in [0.5, 0.6) is 0 Å². The Hall–Kier alpha value is -2.12.